The van der Waals surface area contributed by atoms with Crippen LogP contribution in [0.4, 0.5) is 0 Å². The van der Waals surface area contributed by atoms with Crippen LogP contribution in [0.15, 0.2) is 36.7 Å². The summed E-state index contributed by atoms with van der Waals surface area (Å²) < 4.78 is 7.44. The number of rotatable bonds is 6. The fourth-order valence-electron chi connectivity index (χ4n) is 2.69. The second kappa shape index (κ2) is 6.69. The molecule has 2 heterocycles. The van der Waals surface area contributed by atoms with Crippen molar-refractivity contribution in [2.24, 2.45) is 0 Å². The van der Waals surface area contributed by atoms with Crippen molar-refractivity contribution in [1.29, 1.82) is 0 Å². The maximum Gasteiger partial charge on any atom is 0.160 e. The van der Waals surface area contributed by atoms with Gasteiger partial charge >= 0.3 is 0 Å². The summed E-state index contributed by atoms with van der Waals surface area (Å²) in [5, 5.41) is 0. The highest BCUT2D eigenvalue weighted by Gasteiger charge is 2.13. The van der Waals surface area contributed by atoms with E-state index in [1.54, 1.807) is 7.11 Å². The van der Waals surface area contributed by atoms with Gasteiger partial charge in [-0.05, 0) is 31.0 Å². The van der Waals surface area contributed by atoms with E-state index in [1.807, 2.05) is 31.5 Å². The van der Waals surface area contributed by atoms with E-state index in [0.29, 0.717) is 0 Å². The highest BCUT2D eigenvalue weighted by Crippen LogP contribution is 2.21. The first kappa shape index (κ1) is 15.3. The summed E-state index contributed by atoms with van der Waals surface area (Å²) >= 11 is 0. The zero-order valence-electron chi connectivity index (χ0n) is 13.8. The van der Waals surface area contributed by atoms with E-state index in [-0.39, 0.29) is 0 Å². The molecule has 2 aromatic heterocycles. The second-order valence-corrected chi connectivity index (χ2v) is 5.56. The van der Waals surface area contributed by atoms with Gasteiger partial charge in [-0.3, -0.25) is 0 Å². The quantitative estimate of drug-likeness (QED) is 0.759. The van der Waals surface area contributed by atoms with Crippen LogP contribution < -0.4 is 4.74 Å². The molecular weight excluding hydrogens is 288 g/mol. The Hall–Kier alpha value is -2.56. The summed E-state index contributed by atoms with van der Waals surface area (Å²) in [6.45, 7) is 5.00. The van der Waals surface area contributed by atoms with Gasteiger partial charge in [-0.15, -0.1) is 0 Å². The molecule has 0 unspecified atom stereocenters. The Kier molecular flexibility index (Phi) is 4.46. The first-order valence-corrected chi connectivity index (χ1v) is 7.91. The predicted octanol–water partition coefficient (Wildman–Crippen LogP) is 3.40. The van der Waals surface area contributed by atoms with E-state index < -0.39 is 0 Å². The van der Waals surface area contributed by atoms with Crippen molar-refractivity contribution < 1.29 is 4.74 Å². The summed E-state index contributed by atoms with van der Waals surface area (Å²) in [4.78, 5) is 12.5. The molecule has 0 radical (unpaired) electrons. The Bertz CT molecular complexity index is 788. The largest absolute Gasteiger partial charge is 0.497 e. The molecule has 120 valence electrons. The second-order valence-electron chi connectivity index (χ2n) is 5.56. The Morgan fingerprint density at radius 1 is 1.30 bits per heavy atom. The van der Waals surface area contributed by atoms with Gasteiger partial charge in [0.2, 0.25) is 0 Å². The summed E-state index contributed by atoms with van der Waals surface area (Å²) in [6, 6.07) is 8.18. The molecule has 1 N–H and O–H groups in total. The molecule has 1 aromatic carbocycles. The summed E-state index contributed by atoms with van der Waals surface area (Å²) in [6.07, 6.45) is 5.66. The number of imidazole rings is 2. The molecule has 0 aliphatic carbocycles. The van der Waals surface area contributed by atoms with Gasteiger partial charge in [0, 0.05) is 31.1 Å². The fraction of sp³-hybridized carbons (Fsp3) is 0.333. The predicted molar refractivity (Wildman–Crippen MR) is 90.6 cm³/mol. The number of hydrogen-bond acceptors (Lipinski definition) is 3. The van der Waals surface area contributed by atoms with Gasteiger partial charge in [-0.1, -0.05) is 19.1 Å². The van der Waals surface area contributed by atoms with E-state index in [1.165, 1.54) is 5.56 Å². The molecule has 0 bridgehead atoms. The maximum absolute atomic E-state index is 5.28. The average Bonchev–Trinajstić information content (AvgIpc) is 3.18. The zero-order chi connectivity index (χ0) is 16.2. The molecule has 0 aliphatic heterocycles. The first-order valence-electron chi connectivity index (χ1n) is 7.91. The smallest absolute Gasteiger partial charge is 0.160 e. The van der Waals surface area contributed by atoms with E-state index in [2.05, 4.69) is 38.6 Å². The Labute approximate surface area is 136 Å². The van der Waals surface area contributed by atoms with Crippen LogP contribution in [0.3, 0.4) is 0 Å². The lowest BCUT2D eigenvalue weighted by Gasteiger charge is -2.08. The Morgan fingerprint density at radius 3 is 2.91 bits per heavy atom. The van der Waals surface area contributed by atoms with E-state index in [4.69, 9.17) is 4.74 Å². The van der Waals surface area contributed by atoms with Crippen molar-refractivity contribution in [2.75, 3.05) is 7.11 Å². The molecule has 0 fully saturated rings. The van der Waals surface area contributed by atoms with Gasteiger partial charge < -0.3 is 14.3 Å². The average molecular weight is 310 g/mol. The number of aromatic amines is 1. The van der Waals surface area contributed by atoms with Gasteiger partial charge in [0.1, 0.15) is 17.3 Å². The summed E-state index contributed by atoms with van der Waals surface area (Å²) in [5.74, 6) is 2.81. The molecule has 0 spiro atoms. The number of aromatic nitrogens is 4. The van der Waals surface area contributed by atoms with Crippen molar-refractivity contribution in [3.8, 4) is 17.3 Å². The molecule has 0 aliphatic rings. The van der Waals surface area contributed by atoms with Crippen molar-refractivity contribution >= 4 is 0 Å². The van der Waals surface area contributed by atoms with Crippen LogP contribution in [-0.4, -0.2) is 26.6 Å². The molecule has 0 saturated heterocycles. The van der Waals surface area contributed by atoms with Gasteiger partial charge in [0.15, 0.2) is 5.82 Å². The topological polar surface area (TPSA) is 55.7 Å². The number of nitrogens with zero attached hydrogens (tertiary/aromatic N) is 3. The Balaban J connectivity index is 1.79. The zero-order valence-corrected chi connectivity index (χ0v) is 13.8. The molecular formula is C18H22N4O. The number of aryl methyl sites for hydroxylation is 4. The van der Waals surface area contributed by atoms with Crippen LogP contribution in [0.2, 0.25) is 0 Å². The number of benzene rings is 1. The monoisotopic (exact) mass is 310 g/mol. The molecule has 0 saturated carbocycles. The molecule has 5 nitrogen and oxygen atoms in total. The fourth-order valence-corrected chi connectivity index (χ4v) is 2.69. The summed E-state index contributed by atoms with van der Waals surface area (Å²) in [7, 11) is 1.69. The van der Waals surface area contributed by atoms with E-state index in [0.717, 1.165) is 48.2 Å². The van der Waals surface area contributed by atoms with Crippen molar-refractivity contribution in [3.63, 3.8) is 0 Å². The number of methoxy groups -OCH3 is 1. The Morgan fingerprint density at radius 2 is 2.17 bits per heavy atom. The van der Waals surface area contributed by atoms with Crippen molar-refractivity contribution in [1.82, 2.24) is 19.5 Å². The lowest BCUT2D eigenvalue weighted by atomic mass is 10.1. The maximum atomic E-state index is 5.28. The van der Waals surface area contributed by atoms with Crippen LogP contribution in [0.25, 0.3) is 11.5 Å². The highest BCUT2D eigenvalue weighted by atomic mass is 16.5. The normalized spacial score (nSPS) is 10.9. The molecule has 3 aromatic rings. The lowest BCUT2D eigenvalue weighted by molar-refractivity contribution is 0.414. The van der Waals surface area contributed by atoms with E-state index in [9.17, 15) is 0 Å². The van der Waals surface area contributed by atoms with Crippen LogP contribution in [0.5, 0.6) is 5.75 Å². The third-order valence-electron chi connectivity index (χ3n) is 3.97. The van der Waals surface area contributed by atoms with Crippen molar-refractivity contribution in [2.45, 2.75) is 33.2 Å². The van der Waals surface area contributed by atoms with Gasteiger partial charge in [0.25, 0.3) is 0 Å². The number of hydrogen-bond donors (Lipinski definition) is 1. The molecule has 3 rings (SSSR count). The molecule has 5 heteroatoms. The third kappa shape index (κ3) is 3.28. The van der Waals surface area contributed by atoms with Crippen LogP contribution in [-0.2, 0) is 19.4 Å². The molecule has 0 amide bonds. The minimum Gasteiger partial charge on any atom is -0.497 e. The third-order valence-corrected chi connectivity index (χ3v) is 3.97. The van der Waals surface area contributed by atoms with Crippen LogP contribution >= 0.6 is 0 Å². The first-order chi connectivity index (χ1) is 11.2. The highest BCUT2D eigenvalue weighted by molar-refractivity contribution is 5.53. The van der Waals surface area contributed by atoms with Gasteiger partial charge in [-0.2, -0.15) is 0 Å². The van der Waals surface area contributed by atoms with Crippen LogP contribution in [0.1, 0.15) is 24.0 Å². The minimum absolute atomic E-state index is 0.857. The van der Waals surface area contributed by atoms with E-state index >= 15 is 0 Å². The number of H-pyrrole nitrogens is 1. The number of nitrogens with one attached hydrogen (secondary N) is 1. The lowest BCUT2D eigenvalue weighted by Crippen LogP contribution is -2.03. The number of ether oxygens (including phenoxy) is 1. The van der Waals surface area contributed by atoms with Gasteiger partial charge in [0.05, 0.1) is 7.11 Å². The standard InChI is InChI=1S/C18H22N4O/c1-4-16-20-13(2)17(21-16)18-19-9-11-22(18)10-8-14-6-5-7-15(12-14)23-3/h5-7,9,11-12H,4,8,10H2,1-3H3,(H,20,21). The van der Waals surface area contributed by atoms with Crippen LogP contribution in [0, 0.1) is 6.92 Å². The van der Waals surface area contributed by atoms with Gasteiger partial charge in [-0.25, -0.2) is 9.97 Å². The molecule has 0 atom stereocenters. The molecule has 23 heavy (non-hydrogen) atoms. The SMILES string of the molecule is CCc1nc(-c2nccn2CCc2cccc(OC)c2)c(C)[nH]1. The van der Waals surface area contributed by atoms with Crippen molar-refractivity contribution in [3.05, 3.63) is 53.7 Å². The summed E-state index contributed by atoms with van der Waals surface area (Å²) in [5.41, 5.74) is 3.25. The minimum atomic E-state index is 0.857.